The molecular weight excluding hydrogens is 679 g/mol. The van der Waals surface area contributed by atoms with Crippen molar-refractivity contribution in [2.24, 2.45) is 29.1 Å². The SMILES string of the molecule is CCC(C)(C)C(=O)O[C@H]1C[C@@H](C)C=C2C=C[C@H](C)[C@H](CC[C@H](C[C@H](CC(=O)NCc3ccccc3)O[Si](C)(C)C(C)(C)C)O[Si](C)(C)C(C)(C)C)[C@H]21. The van der Waals surface area contributed by atoms with E-state index in [9.17, 15) is 9.59 Å². The van der Waals surface area contributed by atoms with Crippen LogP contribution in [0.1, 0.15) is 120 Å². The number of carbonyl (C=O) groups excluding carboxylic acids is 2. The molecule has 294 valence electrons. The topological polar surface area (TPSA) is 73.9 Å². The maximum Gasteiger partial charge on any atom is 0.311 e. The lowest BCUT2D eigenvalue weighted by Crippen LogP contribution is -2.48. The number of benzene rings is 1. The standard InChI is InChI=1S/C44H75NO5Si2/c1-16-44(10,11)41(47)48-38-27-31(2)26-34-23-22-32(3)37(40(34)38)25-24-35(49-51(12,13)42(4,5)6)28-36(50-52(14,15)43(7,8)9)29-39(46)45-30-33-20-18-17-19-21-33/h17-23,26,31-32,35-38,40H,16,24-25,27-30H2,1-15H3,(H,45,46)/t31-,32-,35+,36+,37-,38-,40-/m0/s1. The van der Waals surface area contributed by atoms with Crippen LogP contribution in [0.25, 0.3) is 0 Å². The van der Waals surface area contributed by atoms with Crippen LogP contribution in [0, 0.1) is 29.1 Å². The number of nitrogens with one attached hydrogen (secondary N) is 1. The van der Waals surface area contributed by atoms with E-state index in [1.54, 1.807) is 0 Å². The second-order valence-electron chi connectivity index (χ2n) is 19.7. The van der Waals surface area contributed by atoms with Gasteiger partial charge in [-0.25, -0.2) is 0 Å². The first-order valence-corrected chi connectivity index (χ1v) is 26.0. The van der Waals surface area contributed by atoms with Crippen LogP contribution in [0.2, 0.25) is 36.3 Å². The number of ether oxygens (including phenoxy) is 1. The number of carbonyl (C=O) groups is 2. The van der Waals surface area contributed by atoms with E-state index in [-0.39, 0.29) is 46.2 Å². The lowest BCUT2D eigenvalue weighted by Gasteiger charge is -2.45. The molecule has 0 unspecified atom stereocenters. The van der Waals surface area contributed by atoms with Crippen molar-refractivity contribution in [3.63, 3.8) is 0 Å². The fourth-order valence-electron chi connectivity index (χ4n) is 6.99. The van der Waals surface area contributed by atoms with Gasteiger partial charge in [-0.1, -0.05) is 111 Å². The van der Waals surface area contributed by atoms with Gasteiger partial charge in [-0.3, -0.25) is 9.59 Å². The zero-order valence-corrected chi connectivity index (χ0v) is 37.7. The van der Waals surface area contributed by atoms with Crippen molar-refractivity contribution in [2.75, 3.05) is 0 Å². The molecule has 0 saturated carbocycles. The lowest BCUT2D eigenvalue weighted by molar-refractivity contribution is -0.164. The molecule has 0 bridgehead atoms. The third-order valence-corrected chi connectivity index (χ3v) is 22.0. The minimum atomic E-state index is -2.21. The molecule has 52 heavy (non-hydrogen) atoms. The van der Waals surface area contributed by atoms with Crippen molar-refractivity contribution < 1.29 is 23.2 Å². The Labute approximate surface area is 320 Å². The molecule has 2 aliphatic rings. The van der Waals surface area contributed by atoms with Crippen molar-refractivity contribution in [2.45, 2.75) is 176 Å². The Morgan fingerprint density at radius 3 is 2.02 bits per heavy atom. The number of fused-ring (bicyclic) bond motifs is 1. The molecule has 0 radical (unpaired) electrons. The average molecular weight is 754 g/mol. The van der Waals surface area contributed by atoms with E-state index < -0.39 is 22.0 Å². The summed E-state index contributed by atoms with van der Waals surface area (Å²) in [4.78, 5) is 27.0. The molecule has 2 aliphatic carbocycles. The van der Waals surface area contributed by atoms with Gasteiger partial charge in [0.1, 0.15) is 6.10 Å². The quantitative estimate of drug-likeness (QED) is 0.134. The minimum Gasteiger partial charge on any atom is -0.461 e. The highest BCUT2D eigenvalue weighted by Crippen LogP contribution is 2.47. The Morgan fingerprint density at radius 1 is 0.885 bits per heavy atom. The number of esters is 1. The van der Waals surface area contributed by atoms with Crippen LogP contribution in [-0.2, 0) is 29.7 Å². The Balaban J connectivity index is 1.93. The van der Waals surface area contributed by atoms with E-state index in [0.717, 1.165) is 31.2 Å². The van der Waals surface area contributed by atoms with Crippen molar-refractivity contribution in [1.29, 1.82) is 0 Å². The van der Waals surface area contributed by atoms with Crippen LogP contribution in [0.4, 0.5) is 0 Å². The van der Waals surface area contributed by atoms with Crippen LogP contribution in [0.5, 0.6) is 0 Å². The molecule has 6 nitrogen and oxygen atoms in total. The van der Waals surface area contributed by atoms with Gasteiger partial charge in [-0.2, -0.15) is 0 Å². The van der Waals surface area contributed by atoms with Gasteiger partial charge in [0.05, 0.1) is 17.9 Å². The summed E-state index contributed by atoms with van der Waals surface area (Å²) in [6, 6.07) is 10.1. The number of rotatable bonds is 16. The van der Waals surface area contributed by atoms with Gasteiger partial charge >= 0.3 is 5.97 Å². The predicted octanol–water partition coefficient (Wildman–Crippen LogP) is 11.4. The van der Waals surface area contributed by atoms with Crippen molar-refractivity contribution in [3.8, 4) is 0 Å². The molecule has 1 aromatic carbocycles. The van der Waals surface area contributed by atoms with Crippen LogP contribution in [-0.4, -0.2) is 46.8 Å². The zero-order chi connectivity index (χ0) is 39.3. The number of hydrogen-bond acceptors (Lipinski definition) is 5. The summed E-state index contributed by atoms with van der Waals surface area (Å²) in [6.07, 6.45) is 10.9. The highest BCUT2D eigenvalue weighted by Gasteiger charge is 2.45. The summed E-state index contributed by atoms with van der Waals surface area (Å²) in [7, 11) is -4.39. The van der Waals surface area contributed by atoms with E-state index >= 15 is 0 Å². The Morgan fingerprint density at radius 2 is 1.46 bits per heavy atom. The number of allylic oxidation sites excluding steroid dienone is 3. The molecular formula is C44H75NO5Si2. The second-order valence-corrected chi connectivity index (χ2v) is 29.3. The van der Waals surface area contributed by atoms with Gasteiger partial charge < -0.3 is 18.9 Å². The van der Waals surface area contributed by atoms with Crippen LogP contribution in [0.3, 0.4) is 0 Å². The molecule has 1 N–H and O–H groups in total. The van der Waals surface area contributed by atoms with Crippen molar-refractivity contribution in [3.05, 3.63) is 59.7 Å². The summed E-state index contributed by atoms with van der Waals surface area (Å²) in [5.74, 6) is 1.08. The molecule has 0 fully saturated rings. The average Bonchev–Trinajstić information content (AvgIpc) is 3.02. The number of hydrogen-bond donors (Lipinski definition) is 1. The summed E-state index contributed by atoms with van der Waals surface area (Å²) in [5.41, 5.74) is 1.88. The van der Waals surface area contributed by atoms with E-state index in [1.807, 2.05) is 44.2 Å². The van der Waals surface area contributed by atoms with Crippen LogP contribution >= 0.6 is 0 Å². The Hall–Kier alpha value is -2.01. The van der Waals surface area contributed by atoms with Gasteiger partial charge in [0.2, 0.25) is 5.91 Å². The summed E-state index contributed by atoms with van der Waals surface area (Å²) < 4.78 is 20.9. The van der Waals surface area contributed by atoms with E-state index in [4.69, 9.17) is 13.6 Å². The molecule has 8 heteroatoms. The van der Waals surface area contributed by atoms with Gasteiger partial charge in [0.25, 0.3) is 0 Å². The molecule has 1 aromatic rings. The molecule has 1 amide bonds. The van der Waals surface area contributed by atoms with Crippen molar-refractivity contribution in [1.82, 2.24) is 5.32 Å². The molecule has 7 atom stereocenters. The van der Waals surface area contributed by atoms with Crippen LogP contribution < -0.4 is 5.32 Å². The minimum absolute atomic E-state index is 0.00502. The normalized spacial score (nSPS) is 24.1. The number of amides is 1. The fraction of sp³-hybridized carbons (Fsp3) is 0.727. The zero-order valence-electron chi connectivity index (χ0n) is 35.7. The molecule has 0 heterocycles. The maximum atomic E-state index is 13.6. The van der Waals surface area contributed by atoms with Crippen molar-refractivity contribution >= 4 is 28.5 Å². The smallest absolute Gasteiger partial charge is 0.311 e. The summed E-state index contributed by atoms with van der Waals surface area (Å²) in [6.45, 7) is 34.0. The van der Waals surface area contributed by atoms with E-state index in [2.05, 4.69) is 112 Å². The van der Waals surface area contributed by atoms with Gasteiger partial charge in [-0.15, -0.1) is 0 Å². The first-order chi connectivity index (χ1) is 23.9. The summed E-state index contributed by atoms with van der Waals surface area (Å²) in [5, 5.41) is 3.21. The van der Waals surface area contributed by atoms with Gasteiger partial charge in [0, 0.05) is 18.6 Å². The third kappa shape index (κ3) is 12.0. The highest BCUT2D eigenvalue weighted by molar-refractivity contribution is 6.74. The first-order valence-electron chi connectivity index (χ1n) is 20.1. The van der Waals surface area contributed by atoms with Gasteiger partial charge in [-0.05, 0) is 111 Å². The Bertz CT molecular complexity index is 1390. The Kier molecular flexibility index (Phi) is 15.1. The first kappa shape index (κ1) is 44.4. The monoisotopic (exact) mass is 754 g/mol. The third-order valence-electron chi connectivity index (χ3n) is 12.9. The lowest BCUT2D eigenvalue weighted by atomic mass is 9.65. The highest BCUT2D eigenvalue weighted by atomic mass is 28.4. The molecule has 0 saturated heterocycles. The fourth-order valence-corrected chi connectivity index (χ4v) is 9.76. The molecule has 3 rings (SSSR count). The second kappa shape index (κ2) is 17.6. The molecule has 0 spiro atoms. The predicted molar refractivity (Wildman–Crippen MR) is 222 cm³/mol. The van der Waals surface area contributed by atoms with E-state index in [1.165, 1.54) is 5.57 Å². The maximum absolute atomic E-state index is 13.6. The van der Waals surface area contributed by atoms with Gasteiger partial charge in [0.15, 0.2) is 16.6 Å². The molecule has 0 aliphatic heterocycles. The largest absolute Gasteiger partial charge is 0.461 e. The molecule has 0 aromatic heterocycles. The van der Waals surface area contributed by atoms with Crippen LogP contribution in [0.15, 0.2) is 54.1 Å². The van der Waals surface area contributed by atoms with E-state index in [0.29, 0.717) is 37.1 Å². The summed E-state index contributed by atoms with van der Waals surface area (Å²) >= 11 is 0.